The van der Waals surface area contributed by atoms with E-state index in [0.29, 0.717) is 24.6 Å². The third-order valence-electron chi connectivity index (χ3n) is 5.25. The Hall–Kier alpha value is -3.22. The fourth-order valence-electron chi connectivity index (χ4n) is 3.68. The molecule has 1 unspecified atom stereocenters. The molecule has 3 aromatic rings. The quantitative estimate of drug-likeness (QED) is 0.714. The third-order valence-corrected chi connectivity index (χ3v) is 5.25. The lowest BCUT2D eigenvalue weighted by Gasteiger charge is -2.21. The summed E-state index contributed by atoms with van der Waals surface area (Å²) in [6.45, 7) is 5.46. The average molecular weight is 376 g/mol. The van der Waals surface area contributed by atoms with Gasteiger partial charge in [0.2, 0.25) is 0 Å². The van der Waals surface area contributed by atoms with Gasteiger partial charge < -0.3 is 10.2 Å². The zero-order valence-corrected chi connectivity index (χ0v) is 16.0. The largest absolute Gasteiger partial charge is 0.371 e. The first kappa shape index (κ1) is 18.2. The SMILES string of the molecule is Cc1ccccc1N1CCC(CNC(=O)c2ccc(Cn3cnnn3)cc2)C1. The summed E-state index contributed by atoms with van der Waals surface area (Å²) in [6.07, 6.45) is 2.67. The summed E-state index contributed by atoms with van der Waals surface area (Å²) >= 11 is 0. The molecule has 0 aliphatic carbocycles. The molecule has 0 bridgehead atoms. The first-order valence-corrected chi connectivity index (χ1v) is 9.57. The van der Waals surface area contributed by atoms with Crippen molar-refractivity contribution in [1.29, 1.82) is 0 Å². The molecule has 2 aromatic carbocycles. The molecule has 1 fully saturated rings. The van der Waals surface area contributed by atoms with Gasteiger partial charge in [0.05, 0.1) is 6.54 Å². The molecule has 1 aliphatic rings. The zero-order chi connectivity index (χ0) is 19.3. The van der Waals surface area contributed by atoms with Crippen LogP contribution in [0.2, 0.25) is 0 Å². The van der Waals surface area contributed by atoms with Crippen molar-refractivity contribution in [2.75, 3.05) is 24.5 Å². The van der Waals surface area contributed by atoms with Crippen molar-refractivity contribution >= 4 is 11.6 Å². The summed E-state index contributed by atoms with van der Waals surface area (Å²) in [5.41, 5.74) is 4.33. The van der Waals surface area contributed by atoms with Gasteiger partial charge in [0.25, 0.3) is 5.91 Å². The highest BCUT2D eigenvalue weighted by Gasteiger charge is 2.24. The average Bonchev–Trinajstić information content (AvgIpc) is 3.39. The van der Waals surface area contributed by atoms with E-state index in [4.69, 9.17) is 0 Å². The Morgan fingerprint density at radius 1 is 1.18 bits per heavy atom. The molecule has 7 heteroatoms. The molecule has 28 heavy (non-hydrogen) atoms. The molecule has 1 amide bonds. The van der Waals surface area contributed by atoms with Crippen LogP contribution in [0, 0.1) is 12.8 Å². The number of nitrogens with one attached hydrogen (secondary N) is 1. The van der Waals surface area contributed by atoms with E-state index < -0.39 is 0 Å². The molecule has 4 rings (SSSR count). The fourth-order valence-corrected chi connectivity index (χ4v) is 3.68. The number of para-hydroxylation sites is 1. The standard InChI is InChI=1S/C21H24N6O/c1-16-4-2-3-5-20(16)26-11-10-18(13-26)12-22-21(28)19-8-6-17(7-9-19)14-27-15-23-24-25-27/h2-9,15,18H,10-14H2,1H3,(H,22,28). The molecule has 1 aliphatic heterocycles. The van der Waals surface area contributed by atoms with E-state index >= 15 is 0 Å². The second-order valence-electron chi connectivity index (χ2n) is 7.30. The van der Waals surface area contributed by atoms with E-state index in [0.717, 1.165) is 25.1 Å². The number of carbonyl (C=O) groups excluding carboxylic acids is 1. The van der Waals surface area contributed by atoms with Crippen molar-refractivity contribution in [1.82, 2.24) is 25.5 Å². The number of tetrazole rings is 1. The Morgan fingerprint density at radius 3 is 2.75 bits per heavy atom. The van der Waals surface area contributed by atoms with Crippen LogP contribution in [-0.4, -0.2) is 45.7 Å². The van der Waals surface area contributed by atoms with Crippen molar-refractivity contribution in [3.05, 3.63) is 71.5 Å². The van der Waals surface area contributed by atoms with E-state index in [-0.39, 0.29) is 5.91 Å². The van der Waals surface area contributed by atoms with Gasteiger partial charge in [-0.2, -0.15) is 0 Å². The van der Waals surface area contributed by atoms with E-state index in [1.165, 1.54) is 11.3 Å². The van der Waals surface area contributed by atoms with Crippen LogP contribution in [0.1, 0.15) is 27.9 Å². The van der Waals surface area contributed by atoms with Gasteiger partial charge >= 0.3 is 0 Å². The Balaban J connectivity index is 1.28. The van der Waals surface area contributed by atoms with Crippen molar-refractivity contribution in [2.45, 2.75) is 19.9 Å². The number of benzene rings is 2. The zero-order valence-electron chi connectivity index (χ0n) is 16.0. The second-order valence-corrected chi connectivity index (χ2v) is 7.30. The number of anilines is 1. The number of carbonyl (C=O) groups is 1. The van der Waals surface area contributed by atoms with Gasteiger partial charge in [-0.25, -0.2) is 4.68 Å². The van der Waals surface area contributed by atoms with Gasteiger partial charge in [-0.05, 0) is 59.0 Å². The van der Waals surface area contributed by atoms with Gasteiger partial charge in [-0.1, -0.05) is 30.3 Å². The molecule has 2 heterocycles. The number of hydrogen-bond acceptors (Lipinski definition) is 5. The smallest absolute Gasteiger partial charge is 0.251 e. The molecule has 1 saturated heterocycles. The molecule has 1 N–H and O–H groups in total. The van der Waals surface area contributed by atoms with Crippen LogP contribution < -0.4 is 10.2 Å². The molecule has 7 nitrogen and oxygen atoms in total. The molecule has 1 aromatic heterocycles. The molecule has 0 saturated carbocycles. The van der Waals surface area contributed by atoms with Crippen LogP contribution in [0.25, 0.3) is 0 Å². The number of rotatable bonds is 6. The molecular weight excluding hydrogens is 352 g/mol. The van der Waals surface area contributed by atoms with Crippen molar-refractivity contribution < 1.29 is 4.79 Å². The molecule has 0 radical (unpaired) electrons. The Morgan fingerprint density at radius 2 is 2.00 bits per heavy atom. The number of amides is 1. The Labute approximate surface area is 164 Å². The predicted molar refractivity (Wildman–Crippen MR) is 107 cm³/mol. The van der Waals surface area contributed by atoms with E-state index in [2.05, 4.69) is 56.9 Å². The minimum Gasteiger partial charge on any atom is -0.371 e. The first-order valence-electron chi connectivity index (χ1n) is 9.57. The van der Waals surface area contributed by atoms with Crippen LogP contribution in [0.5, 0.6) is 0 Å². The molecule has 1 atom stereocenters. The van der Waals surface area contributed by atoms with Gasteiger partial charge in [-0.3, -0.25) is 4.79 Å². The second kappa shape index (κ2) is 8.21. The summed E-state index contributed by atoms with van der Waals surface area (Å²) in [6, 6.07) is 16.0. The normalized spacial score (nSPS) is 16.3. The Kier molecular flexibility index (Phi) is 5.32. The summed E-state index contributed by atoms with van der Waals surface area (Å²) in [7, 11) is 0. The number of aromatic nitrogens is 4. The van der Waals surface area contributed by atoms with Crippen molar-refractivity contribution in [3.63, 3.8) is 0 Å². The van der Waals surface area contributed by atoms with Crippen molar-refractivity contribution in [2.24, 2.45) is 5.92 Å². The lowest BCUT2D eigenvalue weighted by Crippen LogP contribution is -2.31. The summed E-state index contributed by atoms with van der Waals surface area (Å²) in [4.78, 5) is 14.9. The van der Waals surface area contributed by atoms with E-state index in [1.807, 2.05) is 24.3 Å². The first-order chi connectivity index (χ1) is 13.7. The van der Waals surface area contributed by atoms with Gasteiger partial charge in [0.15, 0.2) is 0 Å². The van der Waals surface area contributed by atoms with Gasteiger partial charge in [0, 0.05) is 30.9 Å². The molecule has 144 valence electrons. The number of nitrogens with zero attached hydrogens (tertiary/aromatic N) is 5. The lowest BCUT2D eigenvalue weighted by molar-refractivity contribution is 0.0948. The van der Waals surface area contributed by atoms with Gasteiger partial charge in [-0.15, -0.1) is 5.10 Å². The van der Waals surface area contributed by atoms with Crippen LogP contribution >= 0.6 is 0 Å². The van der Waals surface area contributed by atoms with Crippen molar-refractivity contribution in [3.8, 4) is 0 Å². The van der Waals surface area contributed by atoms with Crippen LogP contribution in [0.3, 0.4) is 0 Å². The summed E-state index contributed by atoms with van der Waals surface area (Å²) < 4.78 is 1.65. The maximum absolute atomic E-state index is 12.5. The van der Waals surface area contributed by atoms with Crippen LogP contribution in [0.4, 0.5) is 5.69 Å². The monoisotopic (exact) mass is 376 g/mol. The fraction of sp³-hybridized carbons (Fsp3) is 0.333. The minimum atomic E-state index is -0.0247. The minimum absolute atomic E-state index is 0.0247. The van der Waals surface area contributed by atoms with Gasteiger partial charge in [0.1, 0.15) is 6.33 Å². The highest BCUT2D eigenvalue weighted by molar-refractivity contribution is 5.94. The number of hydrogen-bond donors (Lipinski definition) is 1. The maximum atomic E-state index is 12.5. The summed E-state index contributed by atoms with van der Waals surface area (Å²) in [5, 5.41) is 14.2. The highest BCUT2D eigenvalue weighted by Crippen LogP contribution is 2.26. The third kappa shape index (κ3) is 4.19. The van der Waals surface area contributed by atoms with E-state index in [1.54, 1.807) is 11.0 Å². The summed E-state index contributed by atoms with van der Waals surface area (Å²) in [5.74, 6) is 0.450. The maximum Gasteiger partial charge on any atom is 0.251 e. The highest BCUT2D eigenvalue weighted by atomic mass is 16.1. The number of aryl methyl sites for hydroxylation is 1. The lowest BCUT2D eigenvalue weighted by atomic mass is 10.1. The van der Waals surface area contributed by atoms with Crippen LogP contribution in [-0.2, 0) is 6.54 Å². The van der Waals surface area contributed by atoms with E-state index in [9.17, 15) is 4.79 Å². The topological polar surface area (TPSA) is 75.9 Å². The predicted octanol–water partition coefficient (Wildman–Crippen LogP) is 2.29. The Bertz CT molecular complexity index is 922. The molecule has 0 spiro atoms. The van der Waals surface area contributed by atoms with Crippen LogP contribution in [0.15, 0.2) is 54.9 Å². The molecular formula is C21H24N6O.